The van der Waals surface area contributed by atoms with Gasteiger partial charge in [0, 0.05) is 38.1 Å². The monoisotopic (exact) mass is 456 g/mol. The lowest BCUT2D eigenvalue weighted by Crippen LogP contribution is -2.34. The van der Waals surface area contributed by atoms with Crippen molar-refractivity contribution in [2.45, 2.75) is 18.9 Å². The molecule has 3 rings (SSSR count). The van der Waals surface area contributed by atoms with Crippen molar-refractivity contribution in [2.24, 2.45) is 0 Å². The van der Waals surface area contributed by atoms with Crippen LogP contribution in [0.15, 0.2) is 91.3 Å². The first-order valence-corrected chi connectivity index (χ1v) is 12.0. The largest absolute Gasteiger partial charge is 0.353 e. The SMILES string of the molecule is CN(CCCCNC(=O)C=Cc1cccnc1)CCN(C)C(c1ccccc1)c1ccccc1. The van der Waals surface area contributed by atoms with Gasteiger partial charge in [0.15, 0.2) is 0 Å². The number of unbranched alkanes of at least 4 members (excludes halogenated alkanes) is 1. The lowest BCUT2D eigenvalue weighted by Gasteiger charge is -2.30. The van der Waals surface area contributed by atoms with Gasteiger partial charge >= 0.3 is 0 Å². The van der Waals surface area contributed by atoms with Crippen LogP contribution in [0.1, 0.15) is 35.6 Å². The molecular weight excluding hydrogens is 420 g/mol. The van der Waals surface area contributed by atoms with Crippen LogP contribution in [-0.4, -0.2) is 61.0 Å². The zero-order chi connectivity index (χ0) is 24.0. The average molecular weight is 457 g/mol. The van der Waals surface area contributed by atoms with Crippen LogP contribution in [0.25, 0.3) is 6.08 Å². The summed E-state index contributed by atoms with van der Waals surface area (Å²) < 4.78 is 0. The molecule has 2 aromatic carbocycles. The van der Waals surface area contributed by atoms with Crippen LogP contribution in [0.4, 0.5) is 0 Å². The van der Waals surface area contributed by atoms with E-state index in [9.17, 15) is 4.79 Å². The maximum atomic E-state index is 12.0. The third kappa shape index (κ3) is 8.58. The molecule has 0 fully saturated rings. The number of pyridine rings is 1. The number of likely N-dealkylation sites (N-methyl/N-ethyl adjacent to an activating group) is 2. The predicted octanol–water partition coefficient (Wildman–Crippen LogP) is 4.64. The van der Waals surface area contributed by atoms with Crippen molar-refractivity contribution >= 4 is 12.0 Å². The van der Waals surface area contributed by atoms with Crippen LogP contribution in [-0.2, 0) is 4.79 Å². The van der Waals surface area contributed by atoms with Crippen molar-refractivity contribution in [1.29, 1.82) is 0 Å². The third-order valence-corrected chi connectivity index (χ3v) is 5.88. The van der Waals surface area contributed by atoms with E-state index in [0.717, 1.165) is 38.0 Å². The van der Waals surface area contributed by atoms with Gasteiger partial charge in [0.1, 0.15) is 0 Å². The minimum Gasteiger partial charge on any atom is -0.353 e. The summed E-state index contributed by atoms with van der Waals surface area (Å²) in [5, 5.41) is 2.96. The van der Waals surface area contributed by atoms with Gasteiger partial charge in [-0.05, 0) is 62.3 Å². The molecule has 1 aromatic heterocycles. The van der Waals surface area contributed by atoms with Crippen molar-refractivity contribution in [1.82, 2.24) is 20.1 Å². The van der Waals surface area contributed by atoms with E-state index < -0.39 is 0 Å². The first-order valence-electron chi connectivity index (χ1n) is 12.0. The van der Waals surface area contributed by atoms with Crippen molar-refractivity contribution < 1.29 is 4.79 Å². The Balaban J connectivity index is 1.37. The highest BCUT2D eigenvalue weighted by atomic mass is 16.1. The van der Waals surface area contributed by atoms with E-state index in [2.05, 4.69) is 94.9 Å². The van der Waals surface area contributed by atoms with Crippen molar-refractivity contribution in [3.63, 3.8) is 0 Å². The van der Waals surface area contributed by atoms with Crippen LogP contribution < -0.4 is 5.32 Å². The highest BCUT2D eigenvalue weighted by Crippen LogP contribution is 2.27. The zero-order valence-electron chi connectivity index (χ0n) is 20.3. The Morgan fingerprint density at radius 1 is 0.882 bits per heavy atom. The van der Waals surface area contributed by atoms with Crippen molar-refractivity contribution in [3.8, 4) is 0 Å². The molecule has 5 nitrogen and oxygen atoms in total. The Kier molecular flexibility index (Phi) is 10.5. The molecule has 1 N–H and O–H groups in total. The summed E-state index contributed by atoms with van der Waals surface area (Å²) in [7, 11) is 4.37. The van der Waals surface area contributed by atoms with Gasteiger partial charge in [-0.25, -0.2) is 0 Å². The molecule has 0 aliphatic heterocycles. The number of hydrogen-bond donors (Lipinski definition) is 1. The molecular formula is C29H36N4O. The topological polar surface area (TPSA) is 48.5 Å². The first-order chi connectivity index (χ1) is 16.6. The van der Waals surface area contributed by atoms with Crippen LogP contribution in [0.5, 0.6) is 0 Å². The predicted molar refractivity (Wildman–Crippen MR) is 140 cm³/mol. The summed E-state index contributed by atoms with van der Waals surface area (Å²) in [6.07, 6.45) is 8.81. The van der Waals surface area contributed by atoms with Gasteiger partial charge in [-0.15, -0.1) is 0 Å². The number of aromatic nitrogens is 1. The normalized spacial score (nSPS) is 11.6. The van der Waals surface area contributed by atoms with Gasteiger partial charge in [0.05, 0.1) is 6.04 Å². The zero-order valence-corrected chi connectivity index (χ0v) is 20.3. The summed E-state index contributed by atoms with van der Waals surface area (Å²) in [5.74, 6) is -0.0632. The summed E-state index contributed by atoms with van der Waals surface area (Å²) in [5.41, 5.74) is 3.55. The number of benzene rings is 2. The van der Waals surface area contributed by atoms with Crippen LogP contribution in [0.2, 0.25) is 0 Å². The number of rotatable bonds is 13. The molecule has 0 saturated heterocycles. The number of carbonyl (C=O) groups is 1. The fraction of sp³-hybridized carbons (Fsp3) is 0.310. The maximum Gasteiger partial charge on any atom is 0.243 e. The molecule has 0 bridgehead atoms. The van der Waals surface area contributed by atoms with Gasteiger partial charge in [0.2, 0.25) is 5.91 Å². The van der Waals surface area contributed by atoms with Gasteiger partial charge in [-0.3, -0.25) is 14.7 Å². The molecule has 0 aliphatic rings. The fourth-order valence-corrected chi connectivity index (χ4v) is 3.97. The second kappa shape index (κ2) is 14.1. The van der Waals surface area contributed by atoms with E-state index in [1.54, 1.807) is 24.5 Å². The van der Waals surface area contributed by atoms with Crippen LogP contribution in [0.3, 0.4) is 0 Å². The van der Waals surface area contributed by atoms with E-state index >= 15 is 0 Å². The minimum atomic E-state index is -0.0632. The van der Waals surface area contributed by atoms with E-state index in [-0.39, 0.29) is 11.9 Å². The molecule has 34 heavy (non-hydrogen) atoms. The second-order valence-electron chi connectivity index (χ2n) is 8.63. The van der Waals surface area contributed by atoms with Crippen molar-refractivity contribution in [2.75, 3.05) is 40.3 Å². The Hall–Kier alpha value is -3.28. The number of hydrogen-bond acceptors (Lipinski definition) is 4. The molecule has 5 heteroatoms. The second-order valence-corrected chi connectivity index (χ2v) is 8.63. The third-order valence-electron chi connectivity index (χ3n) is 5.88. The summed E-state index contributed by atoms with van der Waals surface area (Å²) in [4.78, 5) is 20.8. The lowest BCUT2D eigenvalue weighted by atomic mass is 9.97. The lowest BCUT2D eigenvalue weighted by molar-refractivity contribution is -0.116. The average Bonchev–Trinajstić information content (AvgIpc) is 2.88. The summed E-state index contributed by atoms with van der Waals surface area (Å²) in [6, 6.07) is 25.4. The summed E-state index contributed by atoms with van der Waals surface area (Å²) >= 11 is 0. The van der Waals surface area contributed by atoms with Gasteiger partial charge in [-0.1, -0.05) is 66.7 Å². The summed E-state index contributed by atoms with van der Waals surface area (Å²) in [6.45, 7) is 3.67. The van der Waals surface area contributed by atoms with Crippen molar-refractivity contribution in [3.05, 3.63) is 108 Å². The molecule has 0 spiro atoms. The van der Waals surface area contributed by atoms with Gasteiger partial charge in [0.25, 0.3) is 0 Å². The molecule has 0 atom stereocenters. The molecule has 1 heterocycles. The molecule has 0 unspecified atom stereocenters. The van der Waals surface area contributed by atoms with Crippen LogP contribution in [0, 0.1) is 0 Å². The molecule has 3 aromatic rings. The maximum absolute atomic E-state index is 12.0. The molecule has 0 radical (unpaired) electrons. The molecule has 0 aliphatic carbocycles. The first kappa shape index (κ1) is 25.3. The highest BCUT2D eigenvalue weighted by Gasteiger charge is 2.19. The number of nitrogens with one attached hydrogen (secondary N) is 1. The Labute approximate surface area is 204 Å². The number of amides is 1. The van der Waals surface area contributed by atoms with Crippen LogP contribution >= 0.6 is 0 Å². The Morgan fingerprint density at radius 3 is 2.18 bits per heavy atom. The fourth-order valence-electron chi connectivity index (χ4n) is 3.97. The van der Waals surface area contributed by atoms with E-state index in [1.165, 1.54) is 11.1 Å². The standard InChI is InChI=1S/C29H36N4O/c1-32(21-10-9-20-31-28(34)18-17-25-12-11-19-30-24-25)22-23-33(2)29(26-13-5-3-6-14-26)27-15-7-4-8-16-27/h3-8,11-19,24,29H,9-10,20-23H2,1-2H3,(H,31,34). The van der Waals surface area contributed by atoms with E-state index in [1.807, 2.05) is 12.1 Å². The molecule has 1 amide bonds. The quantitative estimate of drug-likeness (QED) is 0.301. The smallest absolute Gasteiger partial charge is 0.243 e. The van der Waals surface area contributed by atoms with Gasteiger partial charge < -0.3 is 10.2 Å². The minimum absolute atomic E-state index is 0.0632. The van der Waals surface area contributed by atoms with Gasteiger partial charge in [-0.2, -0.15) is 0 Å². The number of carbonyl (C=O) groups excluding carboxylic acids is 1. The van der Waals surface area contributed by atoms with E-state index in [4.69, 9.17) is 0 Å². The number of nitrogens with zero attached hydrogens (tertiary/aromatic N) is 3. The molecule has 0 saturated carbocycles. The Bertz CT molecular complexity index is 953. The highest BCUT2D eigenvalue weighted by molar-refractivity contribution is 5.91. The Morgan fingerprint density at radius 2 is 1.56 bits per heavy atom. The van der Waals surface area contributed by atoms with E-state index in [0.29, 0.717) is 6.54 Å². The molecule has 178 valence electrons.